The van der Waals surface area contributed by atoms with Crippen LogP contribution >= 0.6 is 11.6 Å². The molecule has 28 heavy (non-hydrogen) atoms. The number of carbonyl (C=O) groups excluding carboxylic acids is 3. The summed E-state index contributed by atoms with van der Waals surface area (Å²) in [4.78, 5) is 38.3. The summed E-state index contributed by atoms with van der Waals surface area (Å²) in [5.41, 5.74) is 1.69. The van der Waals surface area contributed by atoms with Gasteiger partial charge in [-0.05, 0) is 62.4 Å². The van der Waals surface area contributed by atoms with Crippen LogP contribution < -0.4 is 10.2 Å². The summed E-state index contributed by atoms with van der Waals surface area (Å²) in [6.07, 6.45) is -0.0526. The number of amides is 2. The summed E-state index contributed by atoms with van der Waals surface area (Å²) in [5, 5.41) is 3.39. The zero-order chi connectivity index (χ0) is 20.3. The van der Waals surface area contributed by atoms with Gasteiger partial charge in [0.2, 0.25) is 11.8 Å². The van der Waals surface area contributed by atoms with Crippen molar-refractivity contribution in [1.82, 2.24) is 0 Å². The van der Waals surface area contributed by atoms with Gasteiger partial charge >= 0.3 is 5.97 Å². The van der Waals surface area contributed by atoms with Crippen LogP contribution in [0.2, 0.25) is 5.02 Å². The third-order valence-corrected chi connectivity index (χ3v) is 4.62. The lowest BCUT2D eigenvalue weighted by Gasteiger charge is -2.17. The molecule has 7 heteroatoms. The van der Waals surface area contributed by atoms with Crippen molar-refractivity contribution in [2.75, 3.05) is 16.8 Å². The molecule has 0 aliphatic carbocycles. The van der Waals surface area contributed by atoms with Crippen molar-refractivity contribution in [1.29, 1.82) is 0 Å². The quantitative estimate of drug-likeness (QED) is 0.772. The van der Waals surface area contributed by atoms with E-state index in [1.54, 1.807) is 67.3 Å². The van der Waals surface area contributed by atoms with E-state index in [4.69, 9.17) is 16.3 Å². The number of esters is 1. The van der Waals surface area contributed by atoms with Crippen LogP contribution in [-0.2, 0) is 14.3 Å². The Kier molecular flexibility index (Phi) is 5.99. The van der Waals surface area contributed by atoms with Gasteiger partial charge in [-0.2, -0.15) is 0 Å². The minimum absolute atomic E-state index is 0.103. The van der Waals surface area contributed by atoms with Crippen molar-refractivity contribution in [3.05, 3.63) is 59.1 Å². The zero-order valence-electron chi connectivity index (χ0n) is 15.6. The molecule has 2 aromatic rings. The second-order valence-corrected chi connectivity index (χ2v) is 7.34. The van der Waals surface area contributed by atoms with E-state index in [2.05, 4.69) is 5.32 Å². The number of nitrogens with one attached hydrogen (secondary N) is 1. The molecule has 1 aliphatic rings. The van der Waals surface area contributed by atoms with Gasteiger partial charge in [0.1, 0.15) is 0 Å². The molecule has 1 fully saturated rings. The van der Waals surface area contributed by atoms with E-state index >= 15 is 0 Å². The molecule has 146 valence electrons. The van der Waals surface area contributed by atoms with Crippen LogP contribution in [-0.4, -0.2) is 30.4 Å². The Morgan fingerprint density at radius 2 is 1.75 bits per heavy atom. The monoisotopic (exact) mass is 400 g/mol. The summed E-state index contributed by atoms with van der Waals surface area (Å²) in [6, 6.07) is 13.4. The molecule has 1 atom stereocenters. The van der Waals surface area contributed by atoms with Crippen LogP contribution in [0.5, 0.6) is 0 Å². The van der Waals surface area contributed by atoms with Gasteiger partial charge in [0.25, 0.3) is 0 Å². The standard InChI is InChI=1S/C21H21ClN2O4/c1-13(2)28-21(27)14-3-7-17(8-4-14)23-20(26)15-11-19(25)24(12-15)18-9-5-16(22)6-10-18/h3-10,13,15H,11-12H2,1-2H3,(H,23,26). The Balaban J connectivity index is 1.61. The van der Waals surface area contributed by atoms with Gasteiger partial charge in [-0.25, -0.2) is 4.79 Å². The number of hydrogen-bond acceptors (Lipinski definition) is 4. The van der Waals surface area contributed by atoms with E-state index in [1.165, 1.54) is 0 Å². The van der Waals surface area contributed by atoms with E-state index in [0.29, 0.717) is 22.8 Å². The molecule has 2 aromatic carbocycles. The maximum absolute atomic E-state index is 12.6. The maximum atomic E-state index is 12.6. The Bertz CT molecular complexity index is 878. The average molecular weight is 401 g/mol. The van der Waals surface area contributed by atoms with E-state index < -0.39 is 11.9 Å². The van der Waals surface area contributed by atoms with Crippen molar-refractivity contribution in [3.8, 4) is 0 Å². The fourth-order valence-corrected chi connectivity index (χ4v) is 3.10. The summed E-state index contributed by atoms with van der Waals surface area (Å²) >= 11 is 5.88. The largest absolute Gasteiger partial charge is 0.459 e. The molecule has 2 amide bonds. The first-order valence-corrected chi connectivity index (χ1v) is 9.39. The highest BCUT2D eigenvalue weighted by atomic mass is 35.5. The summed E-state index contributed by atoms with van der Waals surface area (Å²) < 4.78 is 5.13. The van der Waals surface area contributed by atoms with Gasteiger partial charge in [0.15, 0.2) is 0 Å². The van der Waals surface area contributed by atoms with Crippen LogP contribution in [0.15, 0.2) is 48.5 Å². The number of anilines is 2. The highest BCUT2D eigenvalue weighted by molar-refractivity contribution is 6.30. The number of ether oxygens (including phenoxy) is 1. The molecular weight excluding hydrogens is 380 g/mol. The molecule has 1 aliphatic heterocycles. The van der Waals surface area contributed by atoms with E-state index in [0.717, 1.165) is 5.69 Å². The molecular formula is C21H21ClN2O4. The first kappa shape index (κ1) is 19.9. The first-order chi connectivity index (χ1) is 13.3. The lowest BCUT2D eigenvalue weighted by atomic mass is 10.1. The predicted octanol–water partition coefficient (Wildman–Crippen LogP) is 3.90. The fraction of sp³-hybridized carbons (Fsp3) is 0.286. The number of rotatable bonds is 5. The van der Waals surface area contributed by atoms with Crippen molar-refractivity contribution in [2.24, 2.45) is 5.92 Å². The second-order valence-electron chi connectivity index (χ2n) is 6.90. The lowest BCUT2D eigenvalue weighted by molar-refractivity contribution is -0.122. The molecule has 0 radical (unpaired) electrons. The molecule has 3 rings (SSSR count). The van der Waals surface area contributed by atoms with Crippen LogP contribution in [0.1, 0.15) is 30.6 Å². The van der Waals surface area contributed by atoms with Crippen LogP contribution in [0.4, 0.5) is 11.4 Å². The highest BCUT2D eigenvalue weighted by Crippen LogP contribution is 2.27. The third kappa shape index (κ3) is 4.70. The van der Waals surface area contributed by atoms with Crippen LogP contribution in [0.3, 0.4) is 0 Å². The second kappa shape index (κ2) is 8.44. The molecule has 0 spiro atoms. The van der Waals surface area contributed by atoms with E-state index in [-0.39, 0.29) is 24.3 Å². The van der Waals surface area contributed by atoms with Crippen molar-refractivity contribution in [3.63, 3.8) is 0 Å². The summed E-state index contributed by atoms with van der Waals surface area (Å²) in [7, 11) is 0. The topological polar surface area (TPSA) is 75.7 Å². The third-order valence-electron chi connectivity index (χ3n) is 4.37. The van der Waals surface area contributed by atoms with E-state index in [9.17, 15) is 14.4 Å². The van der Waals surface area contributed by atoms with Gasteiger partial charge in [0.05, 0.1) is 17.6 Å². The Labute approximate surface area is 168 Å². The van der Waals surface area contributed by atoms with Gasteiger partial charge in [-0.3, -0.25) is 9.59 Å². The number of halogens is 1. The lowest BCUT2D eigenvalue weighted by Crippen LogP contribution is -2.28. The molecule has 1 saturated heterocycles. The number of benzene rings is 2. The minimum atomic E-state index is -0.450. The van der Waals surface area contributed by atoms with Gasteiger partial charge < -0.3 is 15.0 Å². The van der Waals surface area contributed by atoms with Crippen LogP contribution in [0, 0.1) is 5.92 Å². The van der Waals surface area contributed by atoms with Crippen molar-refractivity contribution >= 4 is 40.8 Å². The zero-order valence-corrected chi connectivity index (χ0v) is 16.4. The van der Waals surface area contributed by atoms with Gasteiger partial charge in [-0.15, -0.1) is 0 Å². The Morgan fingerprint density at radius 1 is 1.11 bits per heavy atom. The summed E-state index contributed by atoms with van der Waals surface area (Å²) in [6.45, 7) is 3.87. The number of carbonyl (C=O) groups is 3. The smallest absolute Gasteiger partial charge is 0.338 e. The average Bonchev–Trinajstić information content (AvgIpc) is 3.04. The molecule has 0 aromatic heterocycles. The summed E-state index contributed by atoms with van der Waals surface area (Å²) in [5.74, 6) is -1.20. The molecule has 0 saturated carbocycles. The highest BCUT2D eigenvalue weighted by Gasteiger charge is 2.35. The predicted molar refractivity (Wildman–Crippen MR) is 108 cm³/mol. The van der Waals surface area contributed by atoms with Gasteiger partial charge in [-0.1, -0.05) is 11.6 Å². The maximum Gasteiger partial charge on any atom is 0.338 e. The Morgan fingerprint density at radius 3 is 2.36 bits per heavy atom. The molecule has 1 unspecified atom stereocenters. The number of nitrogens with zero attached hydrogens (tertiary/aromatic N) is 1. The SMILES string of the molecule is CC(C)OC(=O)c1ccc(NC(=O)C2CC(=O)N(c3ccc(Cl)cc3)C2)cc1. The van der Waals surface area contributed by atoms with Gasteiger partial charge in [0, 0.05) is 29.4 Å². The molecule has 1 heterocycles. The normalized spacial score (nSPS) is 16.4. The van der Waals surface area contributed by atoms with E-state index in [1.807, 2.05) is 0 Å². The fourth-order valence-electron chi connectivity index (χ4n) is 2.97. The van der Waals surface area contributed by atoms with Crippen molar-refractivity contribution in [2.45, 2.75) is 26.4 Å². The first-order valence-electron chi connectivity index (χ1n) is 9.01. The molecule has 0 bridgehead atoms. The molecule has 6 nitrogen and oxygen atoms in total. The number of hydrogen-bond donors (Lipinski definition) is 1. The Hall–Kier alpha value is -2.86. The van der Waals surface area contributed by atoms with Crippen molar-refractivity contribution < 1.29 is 19.1 Å². The van der Waals surface area contributed by atoms with Crippen LogP contribution in [0.25, 0.3) is 0 Å². The minimum Gasteiger partial charge on any atom is -0.459 e. The molecule has 1 N–H and O–H groups in total.